The third kappa shape index (κ3) is 2.89. The number of ether oxygens (including phenoxy) is 1. The largest absolute Gasteiger partial charge is 0.497 e. The molecule has 2 heterocycles. The van der Waals surface area contributed by atoms with Crippen molar-refractivity contribution in [1.82, 2.24) is 14.6 Å². The van der Waals surface area contributed by atoms with Crippen LogP contribution in [-0.2, 0) is 6.42 Å². The number of nitrogens with one attached hydrogen (secondary N) is 1. The minimum absolute atomic E-state index is 0.277. The number of hydrogen-bond donors (Lipinski definition) is 2. The first-order valence-corrected chi connectivity index (χ1v) is 6.74. The van der Waals surface area contributed by atoms with Gasteiger partial charge in [0.05, 0.1) is 12.8 Å². The summed E-state index contributed by atoms with van der Waals surface area (Å²) >= 11 is 0. The van der Waals surface area contributed by atoms with E-state index >= 15 is 0 Å². The van der Waals surface area contributed by atoms with Crippen molar-refractivity contribution in [3.8, 4) is 5.75 Å². The van der Waals surface area contributed by atoms with E-state index in [1.807, 2.05) is 30.5 Å². The maximum Gasteiger partial charge on any atom is 0.240 e. The second-order valence-electron chi connectivity index (χ2n) is 4.68. The van der Waals surface area contributed by atoms with E-state index in [9.17, 15) is 0 Å². The highest BCUT2D eigenvalue weighted by atomic mass is 16.5. The zero-order valence-corrected chi connectivity index (χ0v) is 11.8. The zero-order chi connectivity index (χ0) is 14.7. The number of hydrogen-bond acceptors (Lipinski definition) is 5. The molecule has 6 heteroatoms. The second-order valence-corrected chi connectivity index (χ2v) is 4.68. The number of nitrogens with two attached hydrogens (primary N) is 1. The highest BCUT2D eigenvalue weighted by molar-refractivity contribution is 5.67. The van der Waals surface area contributed by atoms with Crippen molar-refractivity contribution < 1.29 is 4.74 Å². The summed E-state index contributed by atoms with van der Waals surface area (Å²) in [6.45, 7) is 0.804. The van der Waals surface area contributed by atoms with Crippen LogP contribution in [0.25, 0.3) is 5.65 Å². The number of pyridine rings is 1. The summed E-state index contributed by atoms with van der Waals surface area (Å²) < 4.78 is 6.82. The molecule has 0 bridgehead atoms. The maximum atomic E-state index is 5.62. The quantitative estimate of drug-likeness (QED) is 0.748. The molecule has 0 fully saturated rings. The second kappa shape index (κ2) is 5.70. The molecule has 3 aromatic rings. The summed E-state index contributed by atoms with van der Waals surface area (Å²) in [5.41, 5.74) is 8.54. The Morgan fingerprint density at radius 3 is 2.81 bits per heavy atom. The molecule has 6 nitrogen and oxygen atoms in total. The van der Waals surface area contributed by atoms with Gasteiger partial charge < -0.3 is 15.8 Å². The van der Waals surface area contributed by atoms with Crippen LogP contribution in [-0.4, -0.2) is 28.3 Å². The van der Waals surface area contributed by atoms with Gasteiger partial charge in [0.15, 0.2) is 5.65 Å². The Labute approximate surface area is 122 Å². The fourth-order valence-electron chi connectivity index (χ4n) is 2.19. The normalized spacial score (nSPS) is 10.7. The van der Waals surface area contributed by atoms with Crippen LogP contribution in [0, 0.1) is 0 Å². The van der Waals surface area contributed by atoms with Gasteiger partial charge in [0, 0.05) is 12.7 Å². The molecule has 0 aliphatic rings. The van der Waals surface area contributed by atoms with Gasteiger partial charge in [0.1, 0.15) is 5.75 Å². The summed E-state index contributed by atoms with van der Waals surface area (Å²) in [5, 5.41) is 7.46. The number of aromatic nitrogens is 3. The SMILES string of the molecule is COc1ccc(CCNc2cccn3nc(N)nc23)cc1. The van der Waals surface area contributed by atoms with Gasteiger partial charge in [-0.25, -0.2) is 4.52 Å². The summed E-state index contributed by atoms with van der Waals surface area (Å²) in [7, 11) is 1.67. The minimum atomic E-state index is 0.277. The predicted molar refractivity (Wildman–Crippen MR) is 82.6 cm³/mol. The topological polar surface area (TPSA) is 77.5 Å². The van der Waals surface area contributed by atoms with Crippen molar-refractivity contribution in [1.29, 1.82) is 0 Å². The molecular weight excluding hydrogens is 266 g/mol. The van der Waals surface area contributed by atoms with Crippen molar-refractivity contribution in [3.63, 3.8) is 0 Å². The molecule has 0 aliphatic carbocycles. The fraction of sp³-hybridized carbons (Fsp3) is 0.200. The molecule has 0 radical (unpaired) electrons. The molecule has 0 unspecified atom stereocenters. The number of nitrogens with zero attached hydrogens (tertiary/aromatic N) is 3. The lowest BCUT2D eigenvalue weighted by Gasteiger charge is -2.07. The Hall–Kier alpha value is -2.76. The summed E-state index contributed by atoms with van der Waals surface area (Å²) in [5.74, 6) is 1.15. The number of nitrogen functional groups attached to an aromatic ring is 1. The van der Waals surface area contributed by atoms with Gasteiger partial charge in [-0.05, 0) is 36.2 Å². The third-order valence-electron chi connectivity index (χ3n) is 3.27. The summed E-state index contributed by atoms with van der Waals surface area (Å²) in [4.78, 5) is 4.21. The van der Waals surface area contributed by atoms with Gasteiger partial charge in [-0.2, -0.15) is 4.98 Å². The Morgan fingerprint density at radius 2 is 2.05 bits per heavy atom. The van der Waals surface area contributed by atoms with E-state index in [-0.39, 0.29) is 5.95 Å². The molecule has 0 spiro atoms. The Morgan fingerprint density at radius 1 is 1.24 bits per heavy atom. The van der Waals surface area contributed by atoms with Gasteiger partial charge in [0.2, 0.25) is 5.95 Å². The van der Waals surface area contributed by atoms with Crippen molar-refractivity contribution in [3.05, 3.63) is 48.2 Å². The van der Waals surface area contributed by atoms with Gasteiger partial charge in [-0.1, -0.05) is 12.1 Å². The molecule has 0 aliphatic heterocycles. The lowest BCUT2D eigenvalue weighted by Crippen LogP contribution is -2.06. The maximum absolute atomic E-state index is 5.62. The van der Waals surface area contributed by atoms with E-state index in [1.54, 1.807) is 11.6 Å². The smallest absolute Gasteiger partial charge is 0.240 e. The van der Waals surface area contributed by atoms with Gasteiger partial charge >= 0.3 is 0 Å². The molecule has 0 saturated carbocycles. The van der Waals surface area contributed by atoms with Crippen molar-refractivity contribution in [2.45, 2.75) is 6.42 Å². The van der Waals surface area contributed by atoms with Crippen LogP contribution >= 0.6 is 0 Å². The number of fused-ring (bicyclic) bond motifs is 1. The fourth-order valence-corrected chi connectivity index (χ4v) is 2.19. The monoisotopic (exact) mass is 283 g/mol. The van der Waals surface area contributed by atoms with E-state index in [0.29, 0.717) is 0 Å². The van der Waals surface area contributed by atoms with Crippen LogP contribution in [0.5, 0.6) is 5.75 Å². The lowest BCUT2D eigenvalue weighted by molar-refractivity contribution is 0.414. The van der Waals surface area contributed by atoms with Gasteiger partial charge in [-0.3, -0.25) is 0 Å². The average molecular weight is 283 g/mol. The first-order chi connectivity index (χ1) is 10.3. The van der Waals surface area contributed by atoms with Crippen LogP contribution in [0.4, 0.5) is 11.6 Å². The van der Waals surface area contributed by atoms with Crippen molar-refractivity contribution >= 4 is 17.3 Å². The first-order valence-electron chi connectivity index (χ1n) is 6.74. The van der Waals surface area contributed by atoms with Crippen LogP contribution < -0.4 is 15.8 Å². The standard InChI is InChI=1S/C15H17N5O/c1-21-12-6-4-11(5-7-12)8-9-17-13-3-2-10-20-14(13)18-15(16)19-20/h2-7,10,17H,8-9H2,1H3,(H2,16,19). The van der Waals surface area contributed by atoms with E-state index < -0.39 is 0 Å². The predicted octanol–water partition coefficient (Wildman–Crippen LogP) is 1.97. The molecule has 0 amide bonds. The molecule has 21 heavy (non-hydrogen) atoms. The zero-order valence-electron chi connectivity index (χ0n) is 11.8. The number of methoxy groups -OCH3 is 1. The van der Waals surface area contributed by atoms with Gasteiger partial charge in [-0.15, -0.1) is 5.10 Å². The molecular formula is C15H17N5O. The van der Waals surface area contributed by atoms with Crippen molar-refractivity contribution in [2.24, 2.45) is 0 Å². The molecule has 0 atom stereocenters. The minimum Gasteiger partial charge on any atom is -0.497 e. The number of benzene rings is 1. The van der Waals surface area contributed by atoms with Crippen LogP contribution in [0.15, 0.2) is 42.6 Å². The molecule has 108 valence electrons. The highest BCUT2D eigenvalue weighted by Crippen LogP contribution is 2.16. The molecule has 1 aromatic carbocycles. The third-order valence-corrected chi connectivity index (χ3v) is 3.27. The number of anilines is 2. The summed E-state index contributed by atoms with van der Waals surface area (Å²) in [6.07, 6.45) is 2.74. The van der Waals surface area contributed by atoms with Gasteiger partial charge in [0.25, 0.3) is 0 Å². The van der Waals surface area contributed by atoms with Crippen LogP contribution in [0.2, 0.25) is 0 Å². The highest BCUT2D eigenvalue weighted by Gasteiger charge is 2.05. The summed E-state index contributed by atoms with van der Waals surface area (Å²) in [6, 6.07) is 11.9. The first kappa shape index (κ1) is 13.2. The molecule has 3 N–H and O–H groups in total. The Kier molecular flexibility index (Phi) is 3.59. The molecule has 2 aromatic heterocycles. The van der Waals surface area contributed by atoms with Crippen molar-refractivity contribution in [2.75, 3.05) is 24.7 Å². The molecule has 0 saturated heterocycles. The number of rotatable bonds is 5. The van der Waals surface area contributed by atoms with Crippen LogP contribution in [0.1, 0.15) is 5.56 Å². The van der Waals surface area contributed by atoms with E-state index in [0.717, 1.165) is 30.0 Å². The molecule has 3 rings (SSSR count). The van der Waals surface area contributed by atoms with Crippen LogP contribution in [0.3, 0.4) is 0 Å². The Bertz CT molecular complexity index is 735. The Balaban J connectivity index is 1.66. The van der Waals surface area contributed by atoms with E-state index in [4.69, 9.17) is 10.5 Å². The van der Waals surface area contributed by atoms with E-state index in [1.165, 1.54) is 5.56 Å². The lowest BCUT2D eigenvalue weighted by atomic mass is 10.1. The van der Waals surface area contributed by atoms with E-state index in [2.05, 4.69) is 27.5 Å². The average Bonchev–Trinajstić information content (AvgIpc) is 2.89.